The molecule has 0 amide bonds. The van der Waals surface area contributed by atoms with Gasteiger partial charge in [0.2, 0.25) is 0 Å². The maximum absolute atomic E-state index is 9.56. The van der Waals surface area contributed by atoms with Gasteiger partial charge in [-0.2, -0.15) is 0 Å². The van der Waals surface area contributed by atoms with Crippen molar-refractivity contribution in [3.8, 4) is 5.75 Å². The summed E-state index contributed by atoms with van der Waals surface area (Å²) in [6.45, 7) is 4.02. The molecule has 1 aromatic rings. The van der Waals surface area contributed by atoms with Crippen molar-refractivity contribution in [3.05, 3.63) is 28.8 Å². The summed E-state index contributed by atoms with van der Waals surface area (Å²) < 4.78 is 0. The van der Waals surface area contributed by atoms with Crippen LogP contribution < -0.4 is 0 Å². The fourth-order valence-electron chi connectivity index (χ4n) is 1.52. The molecule has 12 heavy (non-hydrogen) atoms. The number of aromatic hydroxyl groups is 1. The van der Waals surface area contributed by atoms with Crippen molar-refractivity contribution in [2.45, 2.75) is 32.6 Å². The van der Waals surface area contributed by atoms with Crippen molar-refractivity contribution in [1.82, 2.24) is 0 Å². The van der Waals surface area contributed by atoms with Gasteiger partial charge in [0.1, 0.15) is 5.75 Å². The van der Waals surface area contributed by atoms with Crippen LogP contribution in [0.15, 0.2) is 12.1 Å². The summed E-state index contributed by atoms with van der Waals surface area (Å²) in [5, 5.41) is 9.56. The topological polar surface area (TPSA) is 20.2 Å². The SMILES string of the molecule is Cc1cc(C2CC2)cc(O)c1C. The molecule has 1 aliphatic rings. The molecule has 0 aromatic heterocycles. The summed E-state index contributed by atoms with van der Waals surface area (Å²) in [6.07, 6.45) is 2.59. The van der Waals surface area contributed by atoms with E-state index in [1.54, 1.807) is 0 Å². The summed E-state index contributed by atoms with van der Waals surface area (Å²) >= 11 is 0. The highest BCUT2D eigenvalue weighted by molar-refractivity contribution is 5.43. The quantitative estimate of drug-likeness (QED) is 0.673. The number of hydrogen-bond acceptors (Lipinski definition) is 1. The largest absolute Gasteiger partial charge is 0.508 e. The Morgan fingerprint density at radius 2 is 1.92 bits per heavy atom. The van der Waals surface area contributed by atoms with Gasteiger partial charge in [0.15, 0.2) is 0 Å². The van der Waals surface area contributed by atoms with E-state index in [9.17, 15) is 5.11 Å². The fraction of sp³-hybridized carbons (Fsp3) is 0.455. The first-order chi connectivity index (χ1) is 5.68. The molecule has 0 atom stereocenters. The highest BCUT2D eigenvalue weighted by Gasteiger charge is 2.24. The first-order valence-corrected chi connectivity index (χ1v) is 4.48. The van der Waals surface area contributed by atoms with Gasteiger partial charge in [-0.15, -0.1) is 0 Å². The number of benzene rings is 1. The lowest BCUT2D eigenvalue weighted by molar-refractivity contribution is 0.469. The van der Waals surface area contributed by atoms with Crippen LogP contribution in [0, 0.1) is 13.8 Å². The molecule has 1 N–H and O–H groups in total. The number of hydrogen-bond donors (Lipinski definition) is 1. The first kappa shape index (κ1) is 7.66. The van der Waals surface area contributed by atoms with Crippen LogP contribution in [0.25, 0.3) is 0 Å². The van der Waals surface area contributed by atoms with Crippen LogP contribution in [0.4, 0.5) is 0 Å². The minimum Gasteiger partial charge on any atom is -0.508 e. The van der Waals surface area contributed by atoms with E-state index >= 15 is 0 Å². The molecule has 1 saturated carbocycles. The standard InChI is InChI=1S/C11H14O/c1-7-5-10(9-3-4-9)6-11(12)8(7)2/h5-6,9,12H,3-4H2,1-2H3. The Balaban J connectivity index is 2.45. The zero-order valence-electron chi connectivity index (χ0n) is 7.59. The monoisotopic (exact) mass is 162 g/mol. The average Bonchev–Trinajstić information content (AvgIpc) is 2.81. The normalized spacial score (nSPS) is 16.5. The molecule has 1 nitrogen and oxygen atoms in total. The molecule has 1 heteroatoms. The summed E-state index contributed by atoms with van der Waals surface area (Å²) in [5.41, 5.74) is 3.53. The zero-order valence-corrected chi connectivity index (χ0v) is 7.59. The Morgan fingerprint density at radius 1 is 1.25 bits per heavy atom. The van der Waals surface area contributed by atoms with Crippen molar-refractivity contribution in [2.75, 3.05) is 0 Å². The maximum atomic E-state index is 9.56. The lowest BCUT2D eigenvalue weighted by Gasteiger charge is -2.06. The van der Waals surface area contributed by atoms with Crippen molar-refractivity contribution in [3.63, 3.8) is 0 Å². The van der Waals surface area contributed by atoms with Gasteiger partial charge < -0.3 is 5.11 Å². The highest BCUT2D eigenvalue weighted by atomic mass is 16.3. The van der Waals surface area contributed by atoms with Crippen molar-refractivity contribution < 1.29 is 5.11 Å². The van der Waals surface area contributed by atoms with Gasteiger partial charge in [0.05, 0.1) is 0 Å². The second-order valence-electron chi connectivity index (χ2n) is 3.76. The molecular formula is C11H14O. The van der Waals surface area contributed by atoms with Crippen LogP contribution in [-0.4, -0.2) is 5.11 Å². The molecule has 0 spiro atoms. The second-order valence-corrected chi connectivity index (χ2v) is 3.76. The van der Waals surface area contributed by atoms with Crippen LogP contribution >= 0.6 is 0 Å². The Labute approximate surface area is 73.0 Å². The van der Waals surface area contributed by atoms with Crippen molar-refractivity contribution in [1.29, 1.82) is 0 Å². The van der Waals surface area contributed by atoms with Crippen molar-refractivity contribution >= 4 is 0 Å². The first-order valence-electron chi connectivity index (χ1n) is 4.48. The maximum Gasteiger partial charge on any atom is 0.119 e. The Morgan fingerprint density at radius 3 is 2.42 bits per heavy atom. The van der Waals surface area contributed by atoms with Gasteiger partial charge in [-0.3, -0.25) is 0 Å². The van der Waals surface area contributed by atoms with E-state index in [1.165, 1.54) is 24.0 Å². The number of phenols is 1. The number of rotatable bonds is 1. The Hall–Kier alpha value is -0.980. The molecule has 1 aliphatic carbocycles. The molecule has 0 heterocycles. The summed E-state index contributed by atoms with van der Waals surface area (Å²) in [4.78, 5) is 0. The Kier molecular flexibility index (Phi) is 1.60. The van der Waals surface area contributed by atoms with Gasteiger partial charge in [0.25, 0.3) is 0 Å². The molecule has 64 valence electrons. The van der Waals surface area contributed by atoms with E-state index in [-0.39, 0.29) is 0 Å². The minimum absolute atomic E-state index is 0.455. The predicted molar refractivity (Wildman–Crippen MR) is 49.6 cm³/mol. The smallest absolute Gasteiger partial charge is 0.119 e. The molecule has 0 saturated heterocycles. The summed E-state index contributed by atoms with van der Waals surface area (Å²) in [7, 11) is 0. The second kappa shape index (κ2) is 2.51. The fourth-order valence-corrected chi connectivity index (χ4v) is 1.52. The number of aryl methyl sites for hydroxylation is 1. The van der Waals surface area contributed by atoms with Gasteiger partial charge in [-0.25, -0.2) is 0 Å². The third-order valence-electron chi connectivity index (χ3n) is 2.71. The molecule has 1 fully saturated rings. The van der Waals surface area contributed by atoms with Crippen molar-refractivity contribution in [2.24, 2.45) is 0 Å². The van der Waals surface area contributed by atoms with E-state index in [2.05, 4.69) is 13.0 Å². The van der Waals surface area contributed by atoms with Crippen LogP contribution in [0.5, 0.6) is 5.75 Å². The van der Waals surface area contributed by atoms with Gasteiger partial charge in [-0.1, -0.05) is 6.07 Å². The molecule has 0 unspecified atom stereocenters. The lowest BCUT2D eigenvalue weighted by Crippen LogP contribution is -1.86. The van der Waals surface area contributed by atoms with Gasteiger partial charge in [-0.05, 0) is 55.4 Å². The van der Waals surface area contributed by atoms with Crippen LogP contribution in [0.1, 0.15) is 35.4 Å². The predicted octanol–water partition coefficient (Wildman–Crippen LogP) is 2.89. The van der Waals surface area contributed by atoms with E-state index in [4.69, 9.17) is 0 Å². The molecular weight excluding hydrogens is 148 g/mol. The van der Waals surface area contributed by atoms with Gasteiger partial charge >= 0.3 is 0 Å². The Bertz CT molecular complexity index is 288. The third kappa shape index (κ3) is 1.20. The highest BCUT2D eigenvalue weighted by Crippen LogP contribution is 2.42. The van der Waals surface area contributed by atoms with E-state index in [0.717, 1.165) is 11.5 Å². The lowest BCUT2D eigenvalue weighted by atomic mass is 10.0. The van der Waals surface area contributed by atoms with Crippen LogP contribution in [0.2, 0.25) is 0 Å². The zero-order chi connectivity index (χ0) is 8.72. The van der Waals surface area contributed by atoms with E-state index in [1.807, 2.05) is 13.0 Å². The third-order valence-corrected chi connectivity index (χ3v) is 2.71. The van der Waals surface area contributed by atoms with Crippen LogP contribution in [-0.2, 0) is 0 Å². The molecule has 0 radical (unpaired) electrons. The van der Waals surface area contributed by atoms with E-state index < -0.39 is 0 Å². The van der Waals surface area contributed by atoms with Gasteiger partial charge in [0, 0.05) is 0 Å². The molecule has 2 rings (SSSR count). The van der Waals surface area contributed by atoms with E-state index in [0.29, 0.717) is 5.75 Å². The molecule has 1 aromatic carbocycles. The molecule has 0 bridgehead atoms. The summed E-state index contributed by atoms with van der Waals surface area (Å²) in [5.74, 6) is 1.19. The molecule has 0 aliphatic heterocycles. The number of phenolic OH excluding ortho intramolecular Hbond substituents is 1. The van der Waals surface area contributed by atoms with Crippen LogP contribution in [0.3, 0.4) is 0 Å². The average molecular weight is 162 g/mol. The minimum atomic E-state index is 0.455. The summed E-state index contributed by atoms with van der Waals surface area (Å²) in [6, 6.07) is 4.12.